The monoisotopic (exact) mass is 258 g/mol. The third-order valence-electron chi connectivity index (χ3n) is 2.84. The zero-order valence-electron chi connectivity index (χ0n) is 12.0. The van der Waals surface area contributed by atoms with E-state index in [-0.39, 0.29) is 0 Å². The number of hydrogen-bond acceptors (Lipinski definition) is 3. The molecule has 4 heteroatoms. The van der Waals surface area contributed by atoms with E-state index in [0.717, 1.165) is 28.1 Å². The van der Waals surface area contributed by atoms with Gasteiger partial charge >= 0.3 is 0 Å². The second-order valence-electron chi connectivity index (χ2n) is 4.01. The summed E-state index contributed by atoms with van der Waals surface area (Å²) in [5.74, 6) is 0.485. The van der Waals surface area contributed by atoms with E-state index < -0.39 is 0 Å². The van der Waals surface area contributed by atoms with Crippen molar-refractivity contribution in [3.63, 3.8) is 0 Å². The van der Waals surface area contributed by atoms with Crippen molar-refractivity contribution in [1.29, 1.82) is 0 Å². The largest absolute Gasteiger partial charge is 0.398 e. The SMILES string of the molecule is C/C(=C(/N)c1ccccc1)c1c(N)n[nH]c1C.CC. The van der Waals surface area contributed by atoms with E-state index in [2.05, 4.69) is 10.2 Å². The Morgan fingerprint density at radius 1 is 1.16 bits per heavy atom. The van der Waals surface area contributed by atoms with E-state index in [1.807, 2.05) is 58.0 Å². The number of nitrogens with zero attached hydrogens (tertiary/aromatic N) is 1. The highest BCUT2D eigenvalue weighted by atomic mass is 15.2. The number of aromatic nitrogens is 2. The predicted octanol–water partition coefficient (Wildman–Crippen LogP) is 3.17. The summed E-state index contributed by atoms with van der Waals surface area (Å²) in [5, 5.41) is 6.84. The summed E-state index contributed by atoms with van der Waals surface area (Å²) >= 11 is 0. The first-order valence-corrected chi connectivity index (χ1v) is 6.44. The number of anilines is 1. The molecule has 2 rings (SSSR count). The van der Waals surface area contributed by atoms with E-state index in [1.54, 1.807) is 0 Å². The van der Waals surface area contributed by atoms with E-state index in [4.69, 9.17) is 11.5 Å². The molecule has 4 nitrogen and oxygen atoms in total. The van der Waals surface area contributed by atoms with Gasteiger partial charge in [-0.2, -0.15) is 5.10 Å². The molecule has 0 amide bonds. The lowest BCUT2D eigenvalue weighted by Gasteiger charge is -2.08. The van der Waals surface area contributed by atoms with Gasteiger partial charge in [0.2, 0.25) is 0 Å². The van der Waals surface area contributed by atoms with Gasteiger partial charge in [0.15, 0.2) is 5.82 Å². The Morgan fingerprint density at radius 2 is 1.74 bits per heavy atom. The number of rotatable bonds is 2. The zero-order valence-corrected chi connectivity index (χ0v) is 12.0. The lowest BCUT2D eigenvalue weighted by atomic mass is 10.0. The molecular formula is C15H22N4. The van der Waals surface area contributed by atoms with Gasteiger partial charge in [0.1, 0.15) is 0 Å². The van der Waals surface area contributed by atoms with E-state index in [1.165, 1.54) is 0 Å². The highest BCUT2D eigenvalue weighted by Crippen LogP contribution is 2.27. The Labute approximate surface area is 114 Å². The quantitative estimate of drug-likeness (QED) is 0.774. The molecule has 0 atom stereocenters. The van der Waals surface area contributed by atoms with Crippen LogP contribution in [0.25, 0.3) is 11.3 Å². The summed E-state index contributed by atoms with van der Waals surface area (Å²) in [6.45, 7) is 7.89. The van der Waals surface area contributed by atoms with E-state index in [9.17, 15) is 0 Å². The van der Waals surface area contributed by atoms with Gasteiger partial charge in [0.05, 0.1) is 0 Å². The molecule has 0 saturated carbocycles. The second kappa shape index (κ2) is 6.64. The van der Waals surface area contributed by atoms with Crippen molar-refractivity contribution in [2.24, 2.45) is 5.73 Å². The van der Waals surface area contributed by atoms with Gasteiger partial charge in [0.25, 0.3) is 0 Å². The van der Waals surface area contributed by atoms with Crippen LogP contribution in [0.1, 0.15) is 37.6 Å². The molecule has 0 saturated heterocycles. The third kappa shape index (κ3) is 3.16. The maximum atomic E-state index is 6.15. The summed E-state index contributed by atoms with van der Waals surface area (Å²) in [7, 11) is 0. The number of aryl methyl sites for hydroxylation is 1. The van der Waals surface area contributed by atoms with Crippen LogP contribution in [0.4, 0.5) is 5.82 Å². The van der Waals surface area contributed by atoms with Crippen LogP contribution in [0.5, 0.6) is 0 Å². The molecule has 0 aliphatic rings. The number of benzene rings is 1. The highest BCUT2D eigenvalue weighted by molar-refractivity contribution is 5.91. The van der Waals surface area contributed by atoms with Crippen LogP contribution in [0.3, 0.4) is 0 Å². The number of aromatic amines is 1. The van der Waals surface area contributed by atoms with Crippen LogP contribution < -0.4 is 11.5 Å². The number of H-pyrrole nitrogens is 1. The smallest absolute Gasteiger partial charge is 0.153 e. The molecule has 1 heterocycles. The Morgan fingerprint density at radius 3 is 2.21 bits per heavy atom. The third-order valence-corrected chi connectivity index (χ3v) is 2.84. The van der Waals surface area contributed by atoms with Gasteiger partial charge in [-0.3, -0.25) is 5.10 Å². The van der Waals surface area contributed by atoms with Gasteiger partial charge in [-0.15, -0.1) is 0 Å². The van der Waals surface area contributed by atoms with Gasteiger partial charge in [-0.25, -0.2) is 0 Å². The molecule has 1 aromatic carbocycles. The minimum Gasteiger partial charge on any atom is -0.398 e. The predicted molar refractivity (Wildman–Crippen MR) is 82.2 cm³/mol. The molecule has 5 N–H and O–H groups in total. The molecule has 0 fully saturated rings. The Balaban J connectivity index is 0.000000861. The average molecular weight is 258 g/mol. The number of nitrogen functional groups attached to an aromatic ring is 1. The summed E-state index contributed by atoms with van der Waals surface area (Å²) < 4.78 is 0. The molecule has 0 unspecified atom stereocenters. The molecule has 102 valence electrons. The molecular weight excluding hydrogens is 236 g/mol. The first-order valence-electron chi connectivity index (χ1n) is 6.44. The number of allylic oxidation sites excluding steroid dienone is 1. The number of hydrogen-bond donors (Lipinski definition) is 3. The fraction of sp³-hybridized carbons (Fsp3) is 0.267. The Kier molecular flexibility index (Phi) is 5.18. The lowest BCUT2D eigenvalue weighted by molar-refractivity contribution is 1.05. The topological polar surface area (TPSA) is 80.7 Å². The standard InChI is InChI=1S/C13H16N4.C2H6/c1-8(11-9(2)16-17-13(11)15)12(14)10-6-4-3-5-7-10;1-2/h3-7H,14H2,1-2H3,(H3,15,16,17);1-2H3/b12-8-;. The number of nitrogens with one attached hydrogen (secondary N) is 1. The summed E-state index contributed by atoms with van der Waals surface area (Å²) in [6.07, 6.45) is 0. The Bertz CT molecular complexity index is 533. The summed E-state index contributed by atoms with van der Waals surface area (Å²) in [5.41, 5.74) is 16.5. The van der Waals surface area contributed by atoms with E-state index >= 15 is 0 Å². The first kappa shape index (κ1) is 14.8. The fourth-order valence-electron chi connectivity index (χ4n) is 1.89. The van der Waals surface area contributed by atoms with Gasteiger partial charge in [-0.1, -0.05) is 44.2 Å². The molecule has 1 aromatic heterocycles. The fourth-order valence-corrected chi connectivity index (χ4v) is 1.89. The zero-order chi connectivity index (χ0) is 14.4. The van der Waals surface area contributed by atoms with Crippen LogP contribution in [-0.2, 0) is 0 Å². The van der Waals surface area contributed by atoms with Crippen LogP contribution in [-0.4, -0.2) is 10.2 Å². The van der Waals surface area contributed by atoms with Gasteiger partial charge < -0.3 is 11.5 Å². The van der Waals surface area contributed by atoms with Crippen LogP contribution >= 0.6 is 0 Å². The lowest BCUT2D eigenvalue weighted by Crippen LogP contribution is -2.01. The van der Waals surface area contributed by atoms with Gasteiger partial charge in [-0.05, 0) is 25.0 Å². The Hall–Kier alpha value is -2.23. The molecule has 0 spiro atoms. The van der Waals surface area contributed by atoms with Crippen molar-refractivity contribution in [3.8, 4) is 0 Å². The molecule has 0 bridgehead atoms. The molecule has 0 aliphatic carbocycles. The first-order chi connectivity index (χ1) is 9.11. The molecule has 19 heavy (non-hydrogen) atoms. The van der Waals surface area contributed by atoms with Crippen molar-refractivity contribution in [2.45, 2.75) is 27.7 Å². The van der Waals surface area contributed by atoms with Crippen LogP contribution in [0.2, 0.25) is 0 Å². The second-order valence-corrected chi connectivity index (χ2v) is 4.01. The maximum absolute atomic E-state index is 6.15. The van der Waals surface area contributed by atoms with Crippen molar-refractivity contribution < 1.29 is 0 Å². The molecule has 0 aliphatic heterocycles. The van der Waals surface area contributed by atoms with Crippen LogP contribution in [0.15, 0.2) is 30.3 Å². The van der Waals surface area contributed by atoms with Crippen LogP contribution in [0, 0.1) is 6.92 Å². The van der Waals surface area contributed by atoms with Crippen molar-refractivity contribution in [1.82, 2.24) is 10.2 Å². The van der Waals surface area contributed by atoms with Crippen molar-refractivity contribution in [2.75, 3.05) is 5.73 Å². The van der Waals surface area contributed by atoms with Crippen molar-refractivity contribution >= 4 is 17.1 Å². The van der Waals surface area contributed by atoms with Gasteiger partial charge in [0, 0.05) is 17.0 Å². The molecule has 0 radical (unpaired) electrons. The summed E-state index contributed by atoms with van der Waals surface area (Å²) in [4.78, 5) is 0. The maximum Gasteiger partial charge on any atom is 0.153 e. The average Bonchev–Trinajstić information content (AvgIpc) is 2.80. The van der Waals surface area contributed by atoms with E-state index in [0.29, 0.717) is 5.82 Å². The number of nitrogens with two attached hydrogens (primary N) is 2. The highest BCUT2D eigenvalue weighted by Gasteiger charge is 2.12. The van der Waals surface area contributed by atoms with Crippen molar-refractivity contribution in [3.05, 3.63) is 47.2 Å². The minimum atomic E-state index is 0.485. The molecule has 2 aromatic rings. The summed E-state index contributed by atoms with van der Waals surface area (Å²) in [6, 6.07) is 9.83. The normalized spacial score (nSPS) is 11.4. The minimum absolute atomic E-state index is 0.485.